The number of nitrogens with one attached hydrogen (secondary N) is 1. The van der Waals surface area contributed by atoms with Gasteiger partial charge in [0, 0.05) is 32.2 Å². The zero-order chi connectivity index (χ0) is 13.8. The molecule has 3 heteroatoms. The van der Waals surface area contributed by atoms with Crippen LogP contribution in [0.2, 0.25) is 0 Å². The van der Waals surface area contributed by atoms with Crippen LogP contribution in [-0.2, 0) is 22.4 Å². The zero-order valence-corrected chi connectivity index (χ0v) is 12.4. The molecule has 2 aliphatic rings. The lowest BCUT2D eigenvalue weighted by Crippen LogP contribution is -2.47. The number of hydrogen-bond acceptors (Lipinski definition) is 3. The quantitative estimate of drug-likeness (QED) is 0.916. The summed E-state index contributed by atoms with van der Waals surface area (Å²) in [6.45, 7) is 5.63. The van der Waals surface area contributed by atoms with Gasteiger partial charge in [-0.2, -0.15) is 0 Å². The fraction of sp³-hybridized carbons (Fsp3) is 0.647. The summed E-state index contributed by atoms with van der Waals surface area (Å²) in [5, 5.41) is 3.69. The van der Waals surface area contributed by atoms with Gasteiger partial charge in [0.05, 0.1) is 12.2 Å². The van der Waals surface area contributed by atoms with Crippen LogP contribution in [0.25, 0.3) is 0 Å². The van der Waals surface area contributed by atoms with Crippen molar-refractivity contribution in [1.82, 2.24) is 5.32 Å². The second-order valence-electron chi connectivity index (χ2n) is 6.07. The van der Waals surface area contributed by atoms with E-state index in [-0.39, 0.29) is 5.60 Å². The van der Waals surface area contributed by atoms with Crippen LogP contribution in [0.5, 0.6) is 0 Å². The van der Waals surface area contributed by atoms with E-state index >= 15 is 0 Å². The van der Waals surface area contributed by atoms with Gasteiger partial charge in [-0.1, -0.05) is 31.2 Å². The molecule has 2 fully saturated rings. The maximum Gasteiger partial charge on any atom is 0.0951 e. The Bertz CT molecular complexity index is 423. The summed E-state index contributed by atoms with van der Waals surface area (Å²) in [4.78, 5) is 0. The summed E-state index contributed by atoms with van der Waals surface area (Å²) < 4.78 is 11.5. The monoisotopic (exact) mass is 275 g/mol. The van der Waals surface area contributed by atoms with Crippen molar-refractivity contribution in [2.75, 3.05) is 19.8 Å². The van der Waals surface area contributed by atoms with Crippen molar-refractivity contribution in [2.24, 2.45) is 0 Å². The lowest BCUT2D eigenvalue weighted by Gasteiger charge is -2.37. The van der Waals surface area contributed by atoms with Crippen LogP contribution in [0.3, 0.4) is 0 Å². The van der Waals surface area contributed by atoms with Gasteiger partial charge in [-0.3, -0.25) is 0 Å². The van der Waals surface area contributed by atoms with Crippen molar-refractivity contribution in [3.63, 3.8) is 0 Å². The van der Waals surface area contributed by atoms with Gasteiger partial charge in [0.1, 0.15) is 0 Å². The first kappa shape index (κ1) is 14.1. The molecule has 0 bridgehead atoms. The molecule has 110 valence electrons. The predicted octanol–water partition coefficient (Wildman–Crippen LogP) is 2.68. The summed E-state index contributed by atoms with van der Waals surface area (Å²) in [5.41, 5.74) is 2.77. The van der Waals surface area contributed by atoms with E-state index in [0.717, 1.165) is 52.0 Å². The minimum absolute atomic E-state index is 0.00197. The number of ether oxygens (including phenoxy) is 2. The van der Waals surface area contributed by atoms with Gasteiger partial charge in [0.15, 0.2) is 0 Å². The Morgan fingerprint density at radius 3 is 2.70 bits per heavy atom. The summed E-state index contributed by atoms with van der Waals surface area (Å²) in [6.07, 6.45) is 4.35. The van der Waals surface area contributed by atoms with Crippen molar-refractivity contribution >= 4 is 0 Å². The van der Waals surface area contributed by atoms with Crippen LogP contribution in [0.4, 0.5) is 0 Å². The molecule has 2 saturated heterocycles. The van der Waals surface area contributed by atoms with Crippen LogP contribution >= 0.6 is 0 Å². The molecule has 1 aromatic carbocycles. The van der Waals surface area contributed by atoms with Crippen molar-refractivity contribution in [2.45, 2.75) is 50.8 Å². The Morgan fingerprint density at radius 1 is 1.20 bits per heavy atom. The van der Waals surface area contributed by atoms with Gasteiger partial charge in [0.25, 0.3) is 0 Å². The molecule has 3 nitrogen and oxygen atoms in total. The second-order valence-corrected chi connectivity index (χ2v) is 6.07. The van der Waals surface area contributed by atoms with Gasteiger partial charge >= 0.3 is 0 Å². The normalized spacial score (nSPS) is 29.9. The molecule has 1 spiro atoms. The molecule has 1 aromatic rings. The van der Waals surface area contributed by atoms with Crippen LogP contribution in [0.15, 0.2) is 24.3 Å². The molecular weight excluding hydrogens is 250 g/mol. The smallest absolute Gasteiger partial charge is 0.0951 e. The van der Waals surface area contributed by atoms with E-state index in [1.54, 1.807) is 0 Å². The Morgan fingerprint density at radius 2 is 2.00 bits per heavy atom. The highest BCUT2D eigenvalue weighted by Crippen LogP contribution is 2.32. The maximum atomic E-state index is 5.97. The van der Waals surface area contributed by atoms with E-state index in [2.05, 4.69) is 36.5 Å². The molecule has 3 rings (SSSR count). The van der Waals surface area contributed by atoms with E-state index in [0.29, 0.717) is 6.04 Å². The standard InChI is InChI=1S/C17H25NO2/c1-2-14-3-5-15(6-4-14)12-18-16-7-9-20-17(11-16)8-10-19-13-17/h3-6,16,18H,2,7-13H2,1H3. The SMILES string of the molecule is CCc1ccc(CNC2CCOC3(CCOC3)C2)cc1. The van der Waals surface area contributed by atoms with E-state index in [1.165, 1.54) is 11.1 Å². The number of aryl methyl sites for hydroxylation is 1. The highest BCUT2D eigenvalue weighted by molar-refractivity contribution is 5.22. The Hall–Kier alpha value is -0.900. The molecule has 0 aromatic heterocycles. The highest BCUT2D eigenvalue weighted by atomic mass is 16.6. The molecular formula is C17H25NO2. The van der Waals surface area contributed by atoms with Crippen LogP contribution in [0, 0.1) is 0 Å². The van der Waals surface area contributed by atoms with Gasteiger partial charge in [-0.05, 0) is 30.4 Å². The Balaban J connectivity index is 1.52. The number of hydrogen-bond donors (Lipinski definition) is 1. The third-order valence-corrected chi connectivity index (χ3v) is 4.59. The lowest BCUT2D eigenvalue weighted by molar-refractivity contribution is -0.0894. The van der Waals surface area contributed by atoms with E-state index in [4.69, 9.17) is 9.47 Å². The molecule has 2 aliphatic heterocycles. The second kappa shape index (κ2) is 6.25. The lowest BCUT2D eigenvalue weighted by atomic mass is 9.89. The van der Waals surface area contributed by atoms with Crippen molar-refractivity contribution in [3.05, 3.63) is 35.4 Å². The van der Waals surface area contributed by atoms with Crippen molar-refractivity contribution in [3.8, 4) is 0 Å². The number of benzene rings is 1. The van der Waals surface area contributed by atoms with Gasteiger partial charge in [0.2, 0.25) is 0 Å². The third-order valence-electron chi connectivity index (χ3n) is 4.59. The van der Waals surface area contributed by atoms with Crippen LogP contribution in [-0.4, -0.2) is 31.5 Å². The van der Waals surface area contributed by atoms with Crippen molar-refractivity contribution in [1.29, 1.82) is 0 Å². The van der Waals surface area contributed by atoms with Gasteiger partial charge in [-0.25, -0.2) is 0 Å². The van der Waals surface area contributed by atoms with Gasteiger partial charge < -0.3 is 14.8 Å². The zero-order valence-electron chi connectivity index (χ0n) is 12.4. The Labute approximate surface area is 121 Å². The first-order valence-corrected chi connectivity index (χ1v) is 7.83. The van der Waals surface area contributed by atoms with E-state index in [1.807, 2.05) is 0 Å². The molecule has 0 radical (unpaired) electrons. The van der Waals surface area contributed by atoms with Crippen LogP contribution in [0.1, 0.15) is 37.3 Å². The fourth-order valence-corrected chi connectivity index (χ4v) is 3.22. The highest BCUT2D eigenvalue weighted by Gasteiger charge is 2.40. The first-order valence-electron chi connectivity index (χ1n) is 7.83. The fourth-order valence-electron chi connectivity index (χ4n) is 3.22. The average Bonchev–Trinajstić information content (AvgIpc) is 2.93. The van der Waals surface area contributed by atoms with E-state index < -0.39 is 0 Å². The van der Waals surface area contributed by atoms with E-state index in [9.17, 15) is 0 Å². The largest absolute Gasteiger partial charge is 0.378 e. The molecule has 0 aliphatic carbocycles. The van der Waals surface area contributed by atoms with Crippen LogP contribution < -0.4 is 5.32 Å². The van der Waals surface area contributed by atoms with Gasteiger partial charge in [-0.15, -0.1) is 0 Å². The average molecular weight is 275 g/mol. The Kier molecular flexibility index (Phi) is 4.39. The molecule has 2 unspecified atom stereocenters. The molecule has 0 saturated carbocycles. The third kappa shape index (κ3) is 3.22. The summed E-state index contributed by atoms with van der Waals surface area (Å²) in [6, 6.07) is 9.48. The molecule has 2 heterocycles. The minimum Gasteiger partial charge on any atom is -0.378 e. The summed E-state index contributed by atoms with van der Waals surface area (Å²) >= 11 is 0. The minimum atomic E-state index is 0.00197. The summed E-state index contributed by atoms with van der Waals surface area (Å²) in [5.74, 6) is 0. The molecule has 1 N–H and O–H groups in total. The molecule has 2 atom stereocenters. The maximum absolute atomic E-state index is 5.97. The first-order chi connectivity index (χ1) is 9.80. The molecule has 0 amide bonds. The topological polar surface area (TPSA) is 30.5 Å². The predicted molar refractivity (Wildman–Crippen MR) is 79.8 cm³/mol. The molecule has 20 heavy (non-hydrogen) atoms. The number of rotatable bonds is 4. The van der Waals surface area contributed by atoms with Crippen molar-refractivity contribution < 1.29 is 9.47 Å². The summed E-state index contributed by atoms with van der Waals surface area (Å²) in [7, 11) is 0.